The first-order chi connectivity index (χ1) is 6.68. The highest BCUT2D eigenvalue weighted by Crippen LogP contribution is 2.33. The molecule has 6 heteroatoms. The zero-order valence-corrected chi connectivity index (χ0v) is 9.84. The molecule has 0 bridgehead atoms. The molecule has 0 fully saturated rings. The number of benzene rings is 1. The summed E-state index contributed by atoms with van der Waals surface area (Å²) in [5.41, 5.74) is 0.667. The average molecular weight is 322 g/mol. The van der Waals surface area contributed by atoms with Gasteiger partial charge in [0.2, 0.25) is 12.2 Å². The van der Waals surface area contributed by atoms with E-state index >= 15 is 0 Å². The summed E-state index contributed by atoms with van der Waals surface area (Å²) in [6, 6.07) is 2.69. The Morgan fingerprint density at radius 1 is 1.21 bits per heavy atom. The van der Waals surface area contributed by atoms with Crippen molar-refractivity contribution in [1.82, 2.24) is 10.1 Å². The van der Waals surface area contributed by atoms with Gasteiger partial charge >= 0.3 is 0 Å². The molecule has 0 unspecified atom stereocenters. The third-order valence-electron chi connectivity index (χ3n) is 1.59. The summed E-state index contributed by atoms with van der Waals surface area (Å²) >= 11 is 6.46. The van der Waals surface area contributed by atoms with Gasteiger partial charge in [-0.05, 0) is 44.0 Å². The predicted octanol–water partition coefficient (Wildman–Crippen LogP) is 3.40. The summed E-state index contributed by atoms with van der Waals surface area (Å²) in [6.45, 7) is 0. The van der Waals surface area contributed by atoms with Crippen molar-refractivity contribution in [1.29, 1.82) is 0 Å². The van der Waals surface area contributed by atoms with Crippen molar-refractivity contribution < 1.29 is 8.91 Å². The molecule has 3 nitrogen and oxygen atoms in total. The molecule has 0 saturated carbocycles. The van der Waals surface area contributed by atoms with Crippen molar-refractivity contribution in [2.75, 3.05) is 0 Å². The fraction of sp³-hybridized carbons (Fsp3) is 0. The van der Waals surface area contributed by atoms with Gasteiger partial charge in [-0.25, -0.2) is 4.39 Å². The molecular weight excluding hydrogens is 319 g/mol. The maximum Gasteiger partial charge on any atom is 0.214 e. The van der Waals surface area contributed by atoms with Crippen LogP contribution in [0.2, 0.25) is 0 Å². The van der Waals surface area contributed by atoms with Crippen LogP contribution in [0.25, 0.3) is 11.4 Å². The van der Waals surface area contributed by atoms with Crippen LogP contribution in [0.3, 0.4) is 0 Å². The van der Waals surface area contributed by atoms with E-state index in [9.17, 15) is 4.39 Å². The number of nitrogens with zero attached hydrogens (tertiary/aromatic N) is 2. The molecule has 0 aliphatic heterocycles. The first-order valence-electron chi connectivity index (χ1n) is 3.60. The molecule has 0 aliphatic rings. The number of hydrogen-bond donors (Lipinski definition) is 0. The molecule has 72 valence electrons. The van der Waals surface area contributed by atoms with E-state index in [1.54, 1.807) is 0 Å². The van der Waals surface area contributed by atoms with E-state index in [2.05, 4.69) is 46.5 Å². The smallest absolute Gasteiger partial charge is 0.214 e. The Kier molecular flexibility index (Phi) is 2.64. The number of rotatable bonds is 1. The quantitative estimate of drug-likeness (QED) is 0.808. The minimum absolute atomic E-state index is 0.337. The van der Waals surface area contributed by atoms with E-state index in [0.717, 1.165) is 0 Å². The maximum atomic E-state index is 12.9. The van der Waals surface area contributed by atoms with Gasteiger partial charge in [0, 0.05) is 8.95 Å². The molecule has 0 radical (unpaired) electrons. The minimum Gasteiger partial charge on any atom is -0.342 e. The average Bonchev–Trinajstić information content (AvgIpc) is 2.54. The van der Waals surface area contributed by atoms with Crippen LogP contribution in [0.5, 0.6) is 0 Å². The van der Waals surface area contributed by atoms with Gasteiger partial charge in [-0.15, -0.1) is 0 Å². The fourth-order valence-corrected chi connectivity index (χ4v) is 2.52. The topological polar surface area (TPSA) is 38.9 Å². The molecule has 0 amide bonds. The van der Waals surface area contributed by atoms with Gasteiger partial charge in [-0.3, -0.25) is 0 Å². The third-order valence-corrected chi connectivity index (χ3v) is 2.84. The van der Waals surface area contributed by atoms with Gasteiger partial charge < -0.3 is 4.52 Å². The summed E-state index contributed by atoms with van der Waals surface area (Å²) < 4.78 is 18.7. The van der Waals surface area contributed by atoms with Gasteiger partial charge in [0.05, 0.1) is 5.56 Å². The first kappa shape index (κ1) is 9.79. The monoisotopic (exact) mass is 320 g/mol. The summed E-state index contributed by atoms with van der Waals surface area (Å²) in [7, 11) is 0. The second-order valence-electron chi connectivity index (χ2n) is 2.50. The Morgan fingerprint density at radius 3 is 2.36 bits per heavy atom. The minimum atomic E-state index is -0.337. The lowest BCUT2D eigenvalue weighted by atomic mass is 10.2. The Hall–Kier alpha value is -0.750. The molecule has 0 saturated heterocycles. The van der Waals surface area contributed by atoms with Crippen LogP contribution >= 0.6 is 31.9 Å². The summed E-state index contributed by atoms with van der Waals surface area (Å²) in [5, 5.41) is 3.67. The normalized spacial score (nSPS) is 10.5. The lowest BCUT2D eigenvalue weighted by Crippen LogP contribution is -1.86. The largest absolute Gasteiger partial charge is 0.342 e. The second kappa shape index (κ2) is 3.78. The molecule has 1 heterocycles. The van der Waals surface area contributed by atoms with Crippen LogP contribution in [0.15, 0.2) is 32.0 Å². The summed E-state index contributed by atoms with van der Waals surface area (Å²) in [6.07, 6.45) is 1.22. The highest BCUT2D eigenvalue weighted by molar-refractivity contribution is 9.11. The Bertz CT molecular complexity index is 435. The molecule has 0 N–H and O–H groups in total. The van der Waals surface area contributed by atoms with Crippen molar-refractivity contribution in [3.63, 3.8) is 0 Å². The van der Waals surface area contributed by atoms with E-state index < -0.39 is 0 Å². The van der Waals surface area contributed by atoms with Gasteiger partial charge in [0.1, 0.15) is 5.82 Å². The number of halogens is 3. The van der Waals surface area contributed by atoms with Crippen LogP contribution in [0.4, 0.5) is 4.39 Å². The molecule has 0 atom stereocenters. The fourth-order valence-electron chi connectivity index (χ4n) is 1.04. The Labute approximate surface area is 95.6 Å². The van der Waals surface area contributed by atoms with Crippen LogP contribution in [-0.4, -0.2) is 10.1 Å². The van der Waals surface area contributed by atoms with Crippen LogP contribution in [-0.2, 0) is 0 Å². The van der Waals surface area contributed by atoms with Gasteiger partial charge in [-0.1, -0.05) is 5.16 Å². The standard InChI is InChI=1S/C8H3Br2FN2O/c9-5-1-4(11)2-6(10)7(5)8-12-3-14-13-8/h1-3H. The third kappa shape index (κ3) is 1.72. The lowest BCUT2D eigenvalue weighted by Gasteiger charge is -2.02. The Morgan fingerprint density at radius 2 is 1.86 bits per heavy atom. The molecule has 2 rings (SSSR count). The van der Waals surface area contributed by atoms with E-state index in [1.807, 2.05) is 0 Å². The first-order valence-corrected chi connectivity index (χ1v) is 5.18. The molecule has 1 aromatic heterocycles. The van der Waals surface area contributed by atoms with Crippen LogP contribution in [0, 0.1) is 5.82 Å². The van der Waals surface area contributed by atoms with Crippen molar-refractivity contribution in [3.05, 3.63) is 33.3 Å². The van der Waals surface area contributed by atoms with E-state index in [0.29, 0.717) is 20.3 Å². The van der Waals surface area contributed by atoms with Gasteiger partial charge in [0.15, 0.2) is 0 Å². The van der Waals surface area contributed by atoms with Crippen molar-refractivity contribution >= 4 is 31.9 Å². The van der Waals surface area contributed by atoms with Crippen molar-refractivity contribution in [2.24, 2.45) is 0 Å². The van der Waals surface area contributed by atoms with Gasteiger partial charge in [-0.2, -0.15) is 4.98 Å². The van der Waals surface area contributed by atoms with Crippen molar-refractivity contribution in [3.8, 4) is 11.4 Å². The molecule has 0 spiro atoms. The zero-order valence-electron chi connectivity index (χ0n) is 6.67. The van der Waals surface area contributed by atoms with Crippen LogP contribution < -0.4 is 0 Å². The maximum absolute atomic E-state index is 12.9. The number of hydrogen-bond acceptors (Lipinski definition) is 3. The Balaban J connectivity index is 2.64. The number of aromatic nitrogens is 2. The molecule has 14 heavy (non-hydrogen) atoms. The predicted molar refractivity (Wildman–Crippen MR) is 55.1 cm³/mol. The summed E-state index contributed by atoms with van der Waals surface area (Å²) in [5.74, 6) is 0.0692. The summed E-state index contributed by atoms with van der Waals surface area (Å²) in [4.78, 5) is 3.88. The highest BCUT2D eigenvalue weighted by atomic mass is 79.9. The highest BCUT2D eigenvalue weighted by Gasteiger charge is 2.13. The molecule has 1 aromatic carbocycles. The molecule has 0 aliphatic carbocycles. The van der Waals surface area contributed by atoms with Crippen molar-refractivity contribution in [2.45, 2.75) is 0 Å². The molecular formula is C8H3Br2FN2O. The van der Waals surface area contributed by atoms with Gasteiger partial charge in [0.25, 0.3) is 0 Å². The second-order valence-corrected chi connectivity index (χ2v) is 4.21. The zero-order chi connectivity index (χ0) is 10.1. The van der Waals surface area contributed by atoms with E-state index in [1.165, 1.54) is 18.5 Å². The van der Waals surface area contributed by atoms with E-state index in [-0.39, 0.29) is 5.82 Å². The van der Waals surface area contributed by atoms with E-state index in [4.69, 9.17) is 0 Å². The van der Waals surface area contributed by atoms with Crippen LogP contribution in [0.1, 0.15) is 0 Å². The lowest BCUT2D eigenvalue weighted by molar-refractivity contribution is 0.418. The SMILES string of the molecule is Fc1cc(Br)c(-c2ncon2)c(Br)c1. The molecule has 2 aromatic rings.